The third-order valence-corrected chi connectivity index (χ3v) is 4.53. The van der Waals surface area contributed by atoms with Crippen LogP contribution >= 0.6 is 11.6 Å². The Morgan fingerprint density at radius 1 is 0.958 bits per heavy atom. The lowest BCUT2D eigenvalue weighted by Gasteiger charge is -2.35. The summed E-state index contributed by atoms with van der Waals surface area (Å²) in [5.74, 6) is 0.0510. The zero-order chi connectivity index (χ0) is 16.9. The summed E-state index contributed by atoms with van der Waals surface area (Å²) in [5, 5.41) is 0.759. The lowest BCUT2D eigenvalue weighted by molar-refractivity contribution is 0.104. The molecule has 0 spiro atoms. The number of aryl methyl sites for hydroxylation is 1. The first-order valence-electron chi connectivity index (χ1n) is 8.15. The molecule has 0 saturated carbocycles. The molecule has 4 heteroatoms. The zero-order valence-corrected chi connectivity index (χ0v) is 14.5. The van der Waals surface area contributed by atoms with Gasteiger partial charge in [-0.25, -0.2) is 0 Å². The molecule has 3 nitrogen and oxygen atoms in total. The van der Waals surface area contributed by atoms with Gasteiger partial charge in [-0.2, -0.15) is 0 Å². The fourth-order valence-electron chi connectivity index (χ4n) is 2.77. The van der Waals surface area contributed by atoms with Gasteiger partial charge in [0.25, 0.3) is 0 Å². The highest BCUT2D eigenvalue weighted by molar-refractivity contribution is 6.30. The minimum atomic E-state index is 0.0510. The average Bonchev–Trinajstić information content (AvgIpc) is 2.61. The number of hydrogen-bond donors (Lipinski definition) is 0. The van der Waals surface area contributed by atoms with Crippen molar-refractivity contribution in [2.45, 2.75) is 6.92 Å². The van der Waals surface area contributed by atoms with Gasteiger partial charge in [-0.3, -0.25) is 4.79 Å². The summed E-state index contributed by atoms with van der Waals surface area (Å²) in [6, 6.07) is 15.6. The monoisotopic (exact) mass is 340 g/mol. The predicted molar refractivity (Wildman–Crippen MR) is 99.9 cm³/mol. The van der Waals surface area contributed by atoms with Gasteiger partial charge >= 0.3 is 0 Å². The molecule has 0 aliphatic carbocycles. The van der Waals surface area contributed by atoms with Crippen molar-refractivity contribution in [3.05, 3.63) is 77.0 Å². The van der Waals surface area contributed by atoms with Gasteiger partial charge in [0.15, 0.2) is 5.78 Å². The minimum Gasteiger partial charge on any atom is -0.374 e. The molecule has 1 aliphatic heterocycles. The summed E-state index contributed by atoms with van der Waals surface area (Å²) >= 11 is 5.94. The summed E-state index contributed by atoms with van der Waals surface area (Å²) in [7, 11) is 0. The van der Waals surface area contributed by atoms with Crippen LogP contribution in [0.3, 0.4) is 0 Å². The van der Waals surface area contributed by atoms with Crippen LogP contribution in [0.15, 0.2) is 60.8 Å². The summed E-state index contributed by atoms with van der Waals surface area (Å²) in [4.78, 5) is 16.7. The van der Waals surface area contributed by atoms with Crippen LogP contribution in [0.5, 0.6) is 0 Å². The molecule has 1 saturated heterocycles. The Bertz CT molecular complexity index is 714. The maximum atomic E-state index is 12.2. The Morgan fingerprint density at radius 3 is 2.21 bits per heavy atom. The number of rotatable bonds is 4. The van der Waals surface area contributed by atoms with Crippen LogP contribution in [-0.2, 0) is 0 Å². The molecular formula is C20H21ClN2O. The maximum Gasteiger partial charge on any atom is 0.187 e. The lowest BCUT2D eigenvalue weighted by Crippen LogP contribution is -2.44. The summed E-state index contributed by atoms with van der Waals surface area (Å²) in [6.07, 6.45) is 3.59. The van der Waals surface area contributed by atoms with E-state index in [0.717, 1.165) is 42.3 Å². The minimum absolute atomic E-state index is 0.0510. The Kier molecular flexibility index (Phi) is 5.21. The summed E-state index contributed by atoms with van der Waals surface area (Å²) in [6.45, 7) is 5.69. The molecule has 2 aromatic carbocycles. The van der Waals surface area contributed by atoms with E-state index in [-0.39, 0.29) is 5.78 Å². The fourth-order valence-corrected chi connectivity index (χ4v) is 2.89. The van der Waals surface area contributed by atoms with E-state index < -0.39 is 0 Å². The summed E-state index contributed by atoms with van der Waals surface area (Å²) < 4.78 is 0. The molecule has 0 aromatic heterocycles. The Hall–Kier alpha value is -2.26. The van der Waals surface area contributed by atoms with Gasteiger partial charge in [0.05, 0.1) is 0 Å². The van der Waals surface area contributed by atoms with Crippen LogP contribution in [0, 0.1) is 6.92 Å². The second-order valence-corrected chi connectivity index (χ2v) is 6.48. The molecule has 0 unspecified atom stereocenters. The first-order valence-corrected chi connectivity index (χ1v) is 8.53. The first-order chi connectivity index (χ1) is 11.6. The van der Waals surface area contributed by atoms with Gasteiger partial charge in [0.2, 0.25) is 0 Å². The normalized spacial score (nSPS) is 15.1. The number of halogens is 1. The number of piperazine rings is 1. The van der Waals surface area contributed by atoms with E-state index >= 15 is 0 Å². The second-order valence-electron chi connectivity index (χ2n) is 6.05. The van der Waals surface area contributed by atoms with Crippen LogP contribution in [0.4, 0.5) is 5.69 Å². The smallest absolute Gasteiger partial charge is 0.187 e. The van der Waals surface area contributed by atoms with Crippen LogP contribution in [0.1, 0.15) is 15.9 Å². The van der Waals surface area contributed by atoms with Crippen LogP contribution in [-0.4, -0.2) is 36.9 Å². The van der Waals surface area contributed by atoms with Gasteiger partial charge < -0.3 is 9.80 Å². The highest BCUT2D eigenvalue weighted by Crippen LogP contribution is 2.19. The van der Waals surface area contributed by atoms with E-state index in [1.54, 1.807) is 6.08 Å². The van der Waals surface area contributed by atoms with Crippen molar-refractivity contribution in [2.24, 2.45) is 0 Å². The molecular weight excluding hydrogens is 320 g/mol. The Balaban J connectivity index is 1.54. The van der Waals surface area contributed by atoms with Crippen molar-refractivity contribution in [1.29, 1.82) is 0 Å². The number of anilines is 1. The third-order valence-electron chi connectivity index (χ3n) is 4.28. The van der Waals surface area contributed by atoms with Crippen LogP contribution < -0.4 is 4.90 Å². The van der Waals surface area contributed by atoms with E-state index in [1.165, 1.54) is 5.69 Å². The number of carbonyl (C=O) groups is 1. The molecule has 24 heavy (non-hydrogen) atoms. The number of hydrogen-bond acceptors (Lipinski definition) is 3. The van der Waals surface area contributed by atoms with Crippen LogP contribution in [0.25, 0.3) is 0 Å². The third kappa shape index (κ3) is 4.18. The van der Waals surface area contributed by atoms with Gasteiger partial charge in [-0.05, 0) is 31.2 Å². The Morgan fingerprint density at radius 2 is 1.58 bits per heavy atom. The Labute approximate surface area is 148 Å². The molecule has 0 bridgehead atoms. The number of allylic oxidation sites excluding steroid dienone is 1. The summed E-state index contributed by atoms with van der Waals surface area (Å²) in [5.41, 5.74) is 3.09. The molecule has 3 rings (SSSR count). The van der Waals surface area contributed by atoms with Gasteiger partial charge in [-0.15, -0.1) is 0 Å². The number of carbonyl (C=O) groups excluding carboxylic acids is 1. The van der Waals surface area contributed by atoms with E-state index in [0.29, 0.717) is 0 Å². The zero-order valence-electron chi connectivity index (χ0n) is 13.8. The van der Waals surface area contributed by atoms with E-state index in [9.17, 15) is 4.79 Å². The predicted octanol–water partition coefficient (Wildman–Crippen LogP) is 4.17. The maximum absolute atomic E-state index is 12.2. The average molecular weight is 341 g/mol. The second kappa shape index (κ2) is 7.54. The molecule has 0 amide bonds. The molecule has 1 fully saturated rings. The standard InChI is InChI=1S/C20H21ClN2O/c1-16-2-4-17(5-3-16)20(24)10-11-22-12-14-23(15-13-22)19-8-6-18(21)7-9-19/h2-11H,12-15H2,1H3/b11-10+. The molecule has 2 aromatic rings. The molecule has 0 radical (unpaired) electrons. The highest BCUT2D eigenvalue weighted by atomic mass is 35.5. The van der Waals surface area contributed by atoms with Crippen molar-refractivity contribution in [2.75, 3.05) is 31.1 Å². The SMILES string of the molecule is Cc1ccc(C(=O)/C=C/N2CCN(c3ccc(Cl)cc3)CC2)cc1. The van der Waals surface area contributed by atoms with Gasteiger partial charge in [-0.1, -0.05) is 41.4 Å². The number of benzene rings is 2. The topological polar surface area (TPSA) is 23.6 Å². The van der Waals surface area contributed by atoms with Crippen molar-refractivity contribution in [1.82, 2.24) is 4.90 Å². The fraction of sp³-hybridized carbons (Fsp3) is 0.250. The largest absolute Gasteiger partial charge is 0.374 e. The molecule has 1 aliphatic rings. The highest BCUT2D eigenvalue weighted by Gasteiger charge is 2.15. The number of nitrogens with zero attached hydrogens (tertiary/aromatic N) is 2. The van der Waals surface area contributed by atoms with Gasteiger partial charge in [0, 0.05) is 54.7 Å². The van der Waals surface area contributed by atoms with E-state index in [2.05, 4.69) is 21.9 Å². The molecule has 0 N–H and O–H groups in total. The number of ketones is 1. The lowest BCUT2D eigenvalue weighted by atomic mass is 10.1. The van der Waals surface area contributed by atoms with Crippen molar-refractivity contribution < 1.29 is 4.79 Å². The van der Waals surface area contributed by atoms with Crippen molar-refractivity contribution in [3.8, 4) is 0 Å². The quantitative estimate of drug-likeness (QED) is 0.616. The first kappa shape index (κ1) is 16.6. The molecule has 124 valence electrons. The van der Waals surface area contributed by atoms with E-state index in [4.69, 9.17) is 11.6 Å². The van der Waals surface area contributed by atoms with E-state index in [1.807, 2.05) is 49.5 Å². The van der Waals surface area contributed by atoms with Gasteiger partial charge in [0.1, 0.15) is 0 Å². The van der Waals surface area contributed by atoms with Crippen LogP contribution in [0.2, 0.25) is 5.02 Å². The molecule has 1 heterocycles. The van der Waals surface area contributed by atoms with Crippen molar-refractivity contribution >= 4 is 23.1 Å². The van der Waals surface area contributed by atoms with Crippen molar-refractivity contribution in [3.63, 3.8) is 0 Å². The molecule has 0 atom stereocenters.